The van der Waals surface area contributed by atoms with Gasteiger partial charge in [-0.3, -0.25) is 4.79 Å². The van der Waals surface area contributed by atoms with E-state index in [1.165, 1.54) is 6.07 Å². The van der Waals surface area contributed by atoms with E-state index in [0.717, 1.165) is 11.6 Å². The van der Waals surface area contributed by atoms with Crippen LogP contribution in [0.5, 0.6) is 5.88 Å². The van der Waals surface area contributed by atoms with Crippen molar-refractivity contribution in [3.63, 3.8) is 0 Å². The lowest BCUT2D eigenvalue weighted by molar-refractivity contribution is -0.154. The topological polar surface area (TPSA) is 84.3 Å². The van der Waals surface area contributed by atoms with Crippen LogP contribution in [0.2, 0.25) is 0 Å². The number of carbonyl (C=O) groups excluding carboxylic acids is 1. The number of nitrogens with one attached hydrogen (secondary N) is 1. The molecule has 1 aromatic heterocycles. The molecule has 28 heavy (non-hydrogen) atoms. The Labute approximate surface area is 160 Å². The van der Waals surface area contributed by atoms with Gasteiger partial charge >= 0.3 is 6.18 Å². The summed E-state index contributed by atoms with van der Waals surface area (Å²) in [5.74, 6) is -0.951. The van der Waals surface area contributed by atoms with Crippen molar-refractivity contribution in [1.29, 1.82) is 0 Å². The Balaban J connectivity index is 1.89. The maximum Gasteiger partial charge on any atom is 0.422 e. The van der Waals surface area contributed by atoms with Crippen molar-refractivity contribution in [2.75, 3.05) is 13.2 Å². The van der Waals surface area contributed by atoms with E-state index in [9.17, 15) is 23.1 Å². The number of aliphatic hydroxyl groups is 1. The van der Waals surface area contributed by atoms with E-state index in [2.05, 4.69) is 41.0 Å². The average Bonchev–Trinajstić information content (AvgIpc) is 2.63. The summed E-state index contributed by atoms with van der Waals surface area (Å²) in [5.41, 5.74) is 1.66. The highest BCUT2D eigenvalue weighted by atomic mass is 19.4. The van der Waals surface area contributed by atoms with Crippen LogP contribution < -0.4 is 10.1 Å². The van der Waals surface area contributed by atoms with Crippen molar-refractivity contribution in [3.8, 4) is 5.88 Å². The Morgan fingerprint density at radius 1 is 1.11 bits per heavy atom. The molecule has 2 rings (SSSR count). The van der Waals surface area contributed by atoms with E-state index >= 15 is 0 Å². The van der Waals surface area contributed by atoms with Crippen LogP contribution in [-0.4, -0.2) is 40.5 Å². The second kappa shape index (κ2) is 8.55. The van der Waals surface area contributed by atoms with Gasteiger partial charge in [0, 0.05) is 12.6 Å². The number of hydrogen-bond donors (Lipinski definition) is 2. The predicted molar refractivity (Wildman–Crippen MR) is 96.0 cm³/mol. The van der Waals surface area contributed by atoms with Crippen LogP contribution >= 0.6 is 0 Å². The zero-order valence-corrected chi connectivity index (χ0v) is 15.7. The number of aliphatic hydroxyl groups excluding tert-OH is 1. The molecular formula is C19H22F3N3O3. The van der Waals surface area contributed by atoms with E-state index in [1.54, 1.807) is 12.1 Å². The fourth-order valence-corrected chi connectivity index (χ4v) is 2.28. The molecule has 0 aliphatic carbocycles. The molecule has 0 saturated carbocycles. The third-order valence-electron chi connectivity index (χ3n) is 3.87. The van der Waals surface area contributed by atoms with E-state index in [0.29, 0.717) is 5.56 Å². The first kappa shape index (κ1) is 21.6. The number of nitrogens with zero attached hydrogens (tertiary/aromatic N) is 2. The zero-order chi connectivity index (χ0) is 20.9. The van der Waals surface area contributed by atoms with Gasteiger partial charge in [-0.05, 0) is 22.6 Å². The fraction of sp³-hybridized carbons (Fsp3) is 0.421. The van der Waals surface area contributed by atoms with Gasteiger partial charge in [-0.25, -0.2) is 0 Å². The number of carbonyl (C=O) groups is 1. The Kier molecular flexibility index (Phi) is 6.60. The number of rotatable bonds is 6. The van der Waals surface area contributed by atoms with Crippen LogP contribution in [0.3, 0.4) is 0 Å². The minimum absolute atomic E-state index is 0.00760. The molecule has 0 aliphatic heterocycles. The fourth-order valence-electron chi connectivity index (χ4n) is 2.28. The summed E-state index contributed by atoms with van der Waals surface area (Å²) in [4.78, 5) is 12.0. The molecule has 1 aromatic carbocycles. The van der Waals surface area contributed by atoms with Crippen LogP contribution in [0.25, 0.3) is 0 Å². The van der Waals surface area contributed by atoms with E-state index in [-0.39, 0.29) is 23.5 Å². The smallest absolute Gasteiger partial charge is 0.422 e. The largest absolute Gasteiger partial charge is 0.467 e. The molecule has 0 radical (unpaired) electrons. The van der Waals surface area contributed by atoms with Crippen molar-refractivity contribution in [2.24, 2.45) is 0 Å². The summed E-state index contributed by atoms with van der Waals surface area (Å²) in [5, 5.41) is 19.7. The minimum atomic E-state index is -4.49. The van der Waals surface area contributed by atoms with Gasteiger partial charge in [0.2, 0.25) is 5.88 Å². The number of hydrogen-bond acceptors (Lipinski definition) is 5. The number of ether oxygens (including phenoxy) is 1. The minimum Gasteiger partial charge on any atom is -0.467 e. The number of aromatic nitrogens is 2. The molecular weight excluding hydrogens is 375 g/mol. The first-order valence-corrected chi connectivity index (χ1v) is 8.56. The predicted octanol–water partition coefficient (Wildman–Crippen LogP) is 3.18. The maximum atomic E-state index is 12.1. The van der Waals surface area contributed by atoms with Gasteiger partial charge in [-0.1, -0.05) is 45.0 Å². The number of alkyl halides is 3. The van der Waals surface area contributed by atoms with Gasteiger partial charge in [0.1, 0.15) is 0 Å². The lowest BCUT2D eigenvalue weighted by Gasteiger charge is -2.20. The molecule has 0 spiro atoms. The van der Waals surface area contributed by atoms with Crippen molar-refractivity contribution in [3.05, 3.63) is 53.2 Å². The van der Waals surface area contributed by atoms with E-state index in [1.807, 2.05) is 12.1 Å². The average molecular weight is 397 g/mol. The van der Waals surface area contributed by atoms with E-state index < -0.39 is 24.8 Å². The number of amides is 1. The van der Waals surface area contributed by atoms with Crippen LogP contribution in [0.15, 0.2) is 36.4 Å². The van der Waals surface area contributed by atoms with Gasteiger partial charge in [0.15, 0.2) is 12.3 Å². The Bertz CT molecular complexity index is 785. The second-order valence-electron chi connectivity index (χ2n) is 7.26. The summed E-state index contributed by atoms with van der Waals surface area (Å²) in [6.07, 6.45) is -5.40. The molecule has 0 fully saturated rings. The summed E-state index contributed by atoms with van der Waals surface area (Å²) in [6.45, 7) is 4.70. The Morgan fingerprint density at radius 2 is 1.75 bits per heavy atom. The summed E-state index contributed by atoms with van der Waals surface area (Å²) in [7, 11) is 0. The first-order chi connectivity index (χ1) is 13.0. The summed E-state index contributed by atoms with van der Waals surface area (Å²) < 4.78 is 40.7. The van der Waals surface area contributed by atoms with Gasteiger partial charge in [-0.2, -0.15) is 13.2 Å². The molecule has 2 N–H and O–H groups in total. The highest BCUT2D eigenvalue weighted by Crippen LogP contribution is 2.24. The molecule has 1 atom stereocenters. The molecule has 0 saturated heterocycles. The third kappa shape index (κ3) is 6.49. The standard InChI is InChI=1S/C19H22F3N3O3/c1-18(2,3)13-6-4-12(5-7-13)15(26)10-23-17(27)14-8-9-16(25-24-14)28-11-19(20,21)22/h4-9,15,26H,10-11H2,1-3H3,(H,23,27)/t15-/m0/s1. The maximum absolute atomic E-state index is 12.1. The molecule has 6 nitrogen and oxygen atoms in total. The first-order valence-electron chi connectivity index (χ1n) is 8.56. The second-order valence-corrected chi connectivity index (χ2v) is 7.26. The molecule has 9 heteroatoms. The SMILES string of the molecule is CC(C)(C)c1ccc([C@@H](O)CNC(=O)c2ccc(OCC(F)(F)F)nn2)cc1. The quantitative estimate of drug-likeness (QED) is 0.782. The zero-order valence-electron chi connectivity index (χ0n) is 15.7. The molecule has 0 bridgehead atoms. The molecule has 0 aliphatic rings. The van der Waals surface area contributed by atoms with Gasteiger partial charge in [-0.15, -0.1) is 10.2 Å². The van der Waals surface area contributed by atoms with Crippen LogP contribution in [-0.2, 0) is 5.41 Å². The molecule has 1 heterocycles. The Hall–Kier alpha value is -2.68. The van der Waals surface area contributed by atoms with Crippen molar-refractivity contribution in [1.82, 2.24) is 15.5 Å². The van der Waals surface area contributed by atoms with Crippen molar-refractivity contribution >= 4 is 5.91 Å². The molecule has 0 unspecified atom stereocenters. The van der Waals surface area contributed by atoms with E-state index in [4.69, 9.17) is 0 Å². The highest BCUT2D eigenvalue weighted by molar-refractivity contribution is 5.92. The third-order valence-corrected chi connectivity index (χ3v) is 3.87. The van der Waals surface area contributed by atoms with Crippen LogP contribution in [0, 0.1) is 0 Å². The summed E-state index contributed by atoms with van der Waals surface area (Å²) >= 11 is 0. The molecule has 1 amide bonds. The van der Waals surface area contributed by atoms with Crippen LogP contribution in [0.1, 0.15) is 48.5 Å². The lowest BCUT2D eigenvalue weighted by atomic mass is 9.86. The van der Waals surface area contributed by atoms with Crippen molar-refractivity contribution in [2.45, 2.75) is 38.5 Å². The van der Waals surface area contributed by atoms with Crippen molar-refractivity contribution < 1.29 is 27.8 Å². The Morgan fingerprint density at radius 3 is 2.25 bits per heavy atom. The normalized spacial score (nSPS) is 13.1. The van der Waals surface area contributed by atoms with Gasteiger partial charge < -0.3 is 15.2 Å². The van der Waals surface area contributed by atoms with Crippen LogP contribution in [0.4, 0.5) is 13.2 Å². The van der Waals surface area contributed by atoms with Gasteiger partial charge in [0.25, 0.3) is 5.91 Å². The summed E-state index contributed by atoms with van der Waals surface area (Å²) in [6, 6.07) is 9.75. The number of benzene rings is 1. The molecule has 152 valence electrons. The number of halogens is 3. The lowest BCUT2D eigenvalue weighted by Crippen LogP contribution is -2.29. The molecule has 2 aromatic rings. The van der Waals surface area contributed by atoms with Gasteiger partial charge in [0.05, 0.1) is 6.10 Å². The highest BCUT2D eigenvalue weighted by Gasteiger charge is 2.28. The monoisotopic (exact) mass is 397 g/mol.